The van der Waals surface area contributed by atoms with Gasteiger partial charge in [-0.3, -0.25) is 19.2 Å². The van der Waals surface area contributed by atoms with E-state index in [2.05, 4.69) is 130 Å². The number of carbonyl (C=O) groups excluding carboxylic acids is 3. The average molecular weight is 1260 g/mol. The standard InChI is InChI=1S/C15H21BBrN3OSi.C15H21BBrNO4Si.C8H6Br2O.C7H16BNO3Si/c1-16(21)20-10-22(2,3)9-14(20)15-18-8-13(19-15)11-4-6-12(17)7-5-11;1-16(21)18-10-23(2,3)9-13(18)15(20)22-8-14(19)11-4-6-12(17)7-5-11;9-5-8(11)6-1-3-7(10)4-2-6;1-8(12)9-5-13(2,3)4-6(9)7(10)11/h4-8,14,21H,9-10H2,1-3H3,(H,18,19);4-7,13,21H,8-10H2,1-3H3;1-4H,5H2;6,12H,4-5H2,1-3H3,(H,10,11)/t14-;13-;;6-/m00.0/s1. The number of carboxylic acids is 1. The lowest BCUT2D eigenvalue weighted by atomic mass is 9.84. The van der Waals surface area contributed by atoms with Crippen LogP contribution in [0.15, 0.2) is 92.4 Å². The molecule has 0 radical (unpaired) electrons. The molecular formula is C45H64B3Br4N5O9Si3. The molecule has 14 nitrogen and oxygen atoms in total. The second-order valence-corrected chi connectivity index (χ2v) is 38.7. The summed E-state index contributed by atoms with van der Waals surface area (Å²) in [6.45, 7) is 18.3. The monoisotopic (exact) mass is 1250 g/mol. The number of nitrogens with zero attached hydrogens (tertiary/aromatic N) is 4. The van der Waals surface area contributed by atoms with E-state index < -0.39 is 69.4 Å². The Morgan fingerprint density at radius 3 is 1.49 bits per heavy atom. The minimum atomic E-state index is -1.54. The van der Waals surface area contributed by atoms with Gasteiger partial charge in [-0.25, -0.2) is 4.98 Å². The highest BCUT2D eigenvalue weighted by Gasteiger charge is 2.47. The van der Waals surface area contributed by atoms with Crippen molar-refractivity contribution in [3.8, 4) is 11.3 Å². The zero-order chi connectivity index (χ0) is 51.6. The van der Waals surface area contributed by atoms with E-state index in [-0.39, 0.29) is 24.2 Å². The number of aromatic amines is 1. The molecule has 0 amide bonds. The number of carboxylic acid groups (broad SMARTS) is 1. The van der Waals surface area contributed by atoms with Gasteiger partial charge in [0.1, 0.15) is 5.82 Å². The Balaban J connectivity index is 0.000000209. The average Bonchev–Trinajstić information content (AvgIpc) is 4.06. The third-order valence-electron chi connectivity index (χ3n) is 12.1. The van der Waals surface area contributed by atoms with E-state index in [1.807, 2.05) is 37.3 Å². The maximum Gasteiger partial charge on any atom is 0.376 e. The molecule has 372 valence electrons. The van der Waals surface area contributed by atoms with Crippen LogP contribution in [0.1, 0.15) is 32.6 Å². The van der Waals surface area contributed by atoms with Gasteiger partial charge in [-0.15, -0.1) is 0 Å². The van der Waals surface area contributed by atoms with Crippen LogP contribution in [0.5, 0.6) is 0 Å². The van der Waals surface area contributed by atoms with Crippen molar-refractivity contribution in [3.63, 3.8) is 0 Å². The number of ether oxygens (including phenoxy) is 1. The molecule has 1 aromatic heterocycles. The molecule has 3 atom stereocenters. The molecule has 3 aromatic carbocycles. The number of Topliss-reactive ketones (excluding diaryl/α,β-unsaturated/α-hetero) is 2. The molecule has 3 saturated heterocycles. The molecule has 0 unspecified atom stereocenters. The first-order valence-electron chi connectivity index (χ1n) is 22.8. The van der Waals surface area contributed by atoms with Gasteiger partial charge >= 0.3 is 33.1 Å². The molecule has 69 heavy (non-hydrogen) atoms. The predicted octanol–water partition coefficient (Wildman–Crippen LogP) is 8.91. The number of ketones is 2. The summed E-state index contributed by atoms with van der Waals surface area (Å²) in [5.41, 5.74) is 3.40. The molecule has 0 spiro atoms. The number of H-pyrrole nitrogens is 1. The van der Waals surface area contributed by atoms with Gasteiger partial charge in [-0.1, -0.05) is 139 Å². The minimum Gasteiger partial charge on any atom is -0.480 e. The zero-order valence-electron chi connectivity index (χ0n) is 40.8. The number of imidazole rings is 1. The van der Waals surface area contributed by atoms with Gasteiger partial charge in [0.05, 0.1) is 59.6 Å². The summed E-state index contributed by atoms with van der Waals surface area (Å²) >= 11 is 13.2. The van der Waals surface area contributed by atoms with Crippen LogP contribution in [0.3, 0.4) is 0 Å². The Morgan fingerprint density at radius 2 is 1.06 bits per heavy atom. The summed E-state index contributed by atoms with van der Waals surface area (Å²) in [5, 5.41) is 38.6. The van der Waals surface area contributed by atoms with E-state index in [0.717, 1.165) is 72.7 Å². The van der Waals surface area contributed by atoms with Crippen molar-refractivity contribution in [2.75, 3.05) is 30.4 Å². The molecule has 3 aliphatic heterocycles. The van der Waals surface area contributed by atoms with Crippen molar-refractivity contribution in [2.24, 2.45) is 0 Å². The number of benzene rings is 3. The maximum absolute atomic E-state index is 12.3. The molecule has 0 bridgehead atoms. The van der Waals surface area contributed by atoms with Crippen molar-refractivity contribution in [1.29, 1.82) is 0 Å². The van der Waals surface area contributed by atoms with E-state index in [4.69, 9.17) is 9.84 Å². The zero-order valence-corrected chi connectivity index (χ0v) is 50.1. The smallest absolute Gasteiger partial charge is 0.376 e. The summed E-state index contributed by atoms with van der Waals surface area (Å²) in [6.07, 6.45) is 4.45. The number of aliphatic carboxylic acids is 1. The van der Waals surface area contributed by atoms with Crippen molar-refractivity contribution >= 4 is 133 Å². The lowest BCUT2D eigenvalue weighted by molar-refractivity contribution is -0.146. The number of aromatic nitrogens is 2. The van der Waals surface area contributed by atoms with Gasteiger partial charge in [0.2, 0.25) is 0 Å². The van der Waals surface area contributed by atoms with Gasteiger partial charge in [0.25, 0.3) is 0 Å². The molecule has 0 saturated carbocycles. The highest BCUT2D eigenvalue weighted by atomic mass is 79.9. The van der Waals surface area contributed by atoms with Crippen molar-refractivity contribution < 1.29 is 44.1 Å². The fourth-order valence-electron chi connectivity index (χ4n) is 8.76. The summed E-state index contributed by atoms with van der Waals surface area (Å²) in [5.74, 6) is -0.383. The highest BCUT2D eigenvalue weighted by molar-refractivity contribution is 9.11. The Labute approximate surface area is 444 Å². The van der Waals surface area contributed by atoms with Crippen molar-refractivity contribution in [1.82, 2.24) is 24.4 Å². The lowest BCUT2D eigenvalue weighted by Crippen LogP contribution is -2.46. The Kier molecular flexibility index (Phi) is 22.4. The second-order valence-electron chi connectivity index (χ2n) is 20.2. The van der Waals surface area contributed by atoms with Crippen molar-refractivity contribution in [3.05, 3.63) is 109 Å². The normalized spacial score (nSPS) is 20.3. The molecule has 0 aliphatic carbocycles. The molecule has 3 aliphatic rings. The van der Waals surface area contributed by atoms with Gasteiger partial charge in [0, 0.05) is 24.5 Å². The molecule has 5 N–H and O–H groups in total. The minimum absolute atomic E-state index is 0.109. The summed E-state index contributed by atoms with van der Waals surface area (Å²) in [4.78, 5) is 60.0. The maximum atomic E-state index is 12.3. The molecular weight excluding hydrogens is 1190 g/mol. The van der Waals surface area contributed by atoms with E-state index in [0.29, 0.717) is 10.9 Å². The molecule has 4 aromatic rings. The largest absolute Gasteiger partial charge is 0.480 e. The highest BCUT2D eigenvalue weighted by Crippen LogP contribution is 2.37. The topological polar surface area (TPSA) is 197 Å². The molecule has 4 heterocycles. The summed E-state index contributed by atoms with van der Waals surface area (Å²) in [6, 6.07) is 24.3. The fourth-order valence-corrected chi connectivity index (χ4v) is 19.1. The summed E-state index contributed by atoms with van der Waals surface area (Å²) in [7, 11) is -6.00. The van der Waals surface area contributed by atoms with Gasteiger partial charge in [-0.2, -0.15) is 0 Å². The molecule has 3 fully saturated rings. The van der Waals surface area contributed by atoms with Crippen LogP contribution in [-0.2, 0) is 14.3 Å². The predicted molar refractivity (Wildman–Crippen MR) is 300 cm³/mol. The van der Waals surface area contributed by atoms with E-state index in [1.54, 1.807) is 59.7 Å². The summed E-state index contributed by atoms with van der Waals surface area (Å²) < 4.78 is 8.16. The Hall–Kier alpha value is -2.32. The Bertz CT molecular complexity index is 2350. The number of hydrogen-bond acceptors (Lipinski definition) is 12. The third-order valence-corrected chi connectivity index (χ3v) is 22.4. The van der Waals surface area contributed by atoms with Crippen LogP contribution in [0.4, 0.5) is 0 Å². The third kappa shape index (κ3) is 18.0. The fraction of sp³-hybridized carbons (Fsp3) is 0.444. The van der Waals surface area contributed by atoms with E-state index >= 15 is 0 Å². The second kappa shape index (κ2) is 26.1. The molecule has 24 heteroatoms. The number of halogens is 4. The van der Waals surface area contributed by atoms with Crippen LogP contribution in [0.2, 0.25) is 77.9 Å². The number of carbonyl (C=O) groups is 4. The quantitative estimate of drug-likeness (QED) is 0.0391. The number of esters is 1. The lowest BCUT2D eigenvalue weighted by Gasteiger charge is -2.23. The van der Waals surface area contributed by atoms with Gasteiger partial charge < -0.3 is 44.3 Å². The number of rotatable bonds is 12. The molecule has 7 rings (SSSR count). The number of hydrogen-bond donors (Lipinski definition) is 5. The van der Waals surface area contributed by atoms with Crippen molar-refractivity contribution in [2.45, 2.75) is 96.0 Å². The van der Waals surface area contributed by atoms with Crippen LogP contribution in [0, 0.1) is 0 Å². The van der Waals surface area contributed by atoms with Gasteiger partial charge in [0.15, 0.2) is 18.2 Å². The van der Waals surface area contributed by atoms with E-state index in [9.17, 15) is 34.3 Å². The Morgan fingerprint density at radius 1 is 0.652 bits per heavy atom. The van der Waals surface area contributed by atoms with E-state index in [1.165, 1.54) is 0 Å². The van der Waals surface area contributed by atoms with Crippen LogP contribution >= 0.6 is 63.7 Å². The number of nitrogens with one attached hydrogen (secondary N) is 1. The van der Waals surface area contributed by atoms with Crippen LogP contribution in [0.25, 0.3) is 11.3 Å². The van der Waals surface area contributed by atoms with Crippen LogP contribution in [-0.4, -0.2) is 156 Å². The first-order chi connectivity index (χ1) is 32.1. The first kappa shape index (κ1) is 59.2. The van der Waals surface area contributed by atoms with Crippen LogP contribution < -0.4 is 0 Å². The first-order valence-corrected chi connectivity index (χ1v) is 36.5. The van der Waals surface area contributed by atoms with Gasteiger partial charge in [-0.05, 0) is 99.1 Å². The number of alkyl halides is 1. The SMILES string of the molecule is CB(O)N1C[Si](C)(C)C[C@H]1C(=O)O.CB(O)N1C[Si](C)(C)C[C@H]1C(=O)OCC(=O)c1ccc(Br)cc1.CB(O)N1C[Si](C)(C)C[C@H]1c1ncc(-c2ccc(Br)cc2)[nH]1.O=C(CBr)c1ccc(Br)cc1.